The average Bonchev–Trinajstić information content (AvgIpc) is 3.04. The zero-order valence-electron chi connectivity index (χ0n) is 11.6. The summed E-state index contributed by atoms with van der Waals surface area (Å²) in [5.74, 6) is -0.232. The smallest absolute Gasteiger partial charge is 0.233 e. The van der Waals surface area contributed by atoms with Crippen molar-refractivity contribution < 1.29 is 9.53 Å². The number of rotatable bonds is 4. The Hall–Kier alpha value is -1.21. The van der Waals surface area contributed by atoms with Gasteiger partial charge in [-0.05, 0) is 24.7 Å². The molecule has 7 heteroatoms. The summed E-state index contributed by atoms with van der Waals surface area (Å²) >= 11 is 7.38. The summed E-state index contributed by atoms with van der Waals surface area (Å²) in [6.45, 7) is 3.85. The van der Waals surface area contributed by atoms with Gasteiger partial charge in [0.05, 0.1) is 29.3 Å². The van der Waals surface area contributed by atoms with Crippen LogP contribution < -0.4 is 10.6 Å². The maximum atomic E-state index is 12.4. The van der Waals surface area contributed by atoms with Gasteiger partial charge in [0, 0.05) is 11.1 Å². The predicted octanol–water partition coefficient (Wildman–Crippen LogP) is 2.51. The highest BCUT2D eigenvalue weighted by molar-refractivity contribution is 7.22. The molecule has 21 heavy (non-hydrogen) atoms. The quantitative estimate of drug-likeness (QED) is 0.906. The number of aromatic nitrogens is 1. The molecule has 1 aliphatic rings. The van der Waals surface area contributed by atoms with Crippen LogP contribution in [0.15, 0.2) is 18.2 Å². The van der Waals surface area contributed by atoms with Gasteiger partial charge in [0.15, 0.2) is 5.13 Å². The van der Waals surface area contributed by atoms with Gasteiger partial charge in [-0.1, -0.05) is 29.9 Å². The lowest BCUT2D eigenvalue weighted by molar-refractivity contribution is -0.120. The first-order valence-corrected chi connectivity index (χ1v) is 8.05. The van der Waals surface area contributed by atoms with E-state index in [0.717, 1.165) is 16.8 Å². The number of thiazole rings is 1. The molecule has 2 heterocycles. The molecule has 2 aromatic rings. The summed E-state index contributed by atoms with van der Waals surface area (Å²) in [6, 6.07) is 5.56. The van der Waals surface area contributed by atoms with Crippen molar-refractivity contribution in [3.05, 3.63) is 23.2 Å². The van der Waals surface area contributed by atoms with Crippen molar-refractivity contribution in [1.29, 1.82) is 0 Å². The molecule has 2 unspecified atom stereocenters. The molecule has 1 amide bonds. The van der Waals surface area contributed by atoms with Crippen molar-refractivity contribution in [2.24, 2.45) is 5.92 Å². The maximum absolute atomic E-state index is 12.4. The minimum atomic E-state index is -0.180. The number of carbonyl (C=O) groups is 1. The summed E-state index contributed by atoms with van der Waals surface area (Å²) < 4.78 is 6.36. The molecule has 0 spiro atoms. The third kappa shape index (κ3) is 3.18. The van der Waals surface area contributed by atoms with Crippen molar-refractivity contribution in [2.45, 2.75) is 13.0 Å². The van der Waals surface area contributed by atoms with Crippen LogP contribution in [-0.2, 0) is 9.53 Å². The van der Waals surface area contributed by atoms with Gasteiger partial charge in [-0.3, -0.25) is 4.79 Å². The molecule has 0 aliphatic carbocycles. The number of ether oxygens (including phenoxy) is 1. The maximum Gasteiger partial charge on any atom is 0.233 e. The van der Waals surface area contributed by atoms with E-state index in [4.69, 9.17) is 16.3 Å². The highest BCUT2D eigenvalue weighted by Crippen LogP contribution is 2.29. The van der Waals surface area contributed by atoms with Gasteiger partial charge in [0.25, 0.3) is 0 Å². The van der Waals surface area contributed by atoms with Crippen molar-refractivity contribution in [1.82, 2.24) is 10.3 Å². The van der Waals surface area contributed by atoms with Crippen LogP contribution in [-0.4, -0.2) is 36.7 Å². The highest BCUT2D eigenvalue weighted by atomic mass is 35.5. The summed E-state index contributed by atoms with van der Waals surface area (Å²) in [7, 11) is 0. The largest absolute Gasteiger partial charge is 0.379 e. The molecular formula is C14H16ClN3O2S. The van der Waals surface area contributed by atoms with Crippen LogP contribution >= 0.6 is 22.9 Å². The van der Waals surface area contributed by atoms with E-state index in [-0.39, 0.29) is 17.9 Å². The molecule has 0 radical (unpaired) electrons. The van der Waals surface area contributed by atoms with Crippen molar-refractivity contribution in [2.75, 3.05) is 25.1 Å². The number of halogens is 1. The number of nitrogens with zero attached hydrogens (tertiary/aromatic N) is 1. The van der Waals surface area contributed by atoms with Crippen molar-refractivity contribution >= 4 is 44.2 Å². The third-order valence-electron chi connectivity index (χ3n) is 3.46. The third-order valence-corrected chi connectivity index (χ3v) is 4.63. The van der Waals surface area contributed by atoms with Gasteiger partial charge in [0.2, 0.25) is 5.91 Å². The second-order valence-corrected chi connectivity index (χ2v) is 6.40. The molecule has 1 aromatic carbocycles. The summed E-state index contributed by atoms with van der Waals surface area (Å²) in [6.07, 6.45) is 0. The van der Waals surface area contributed by atoms with Gasteiger partial charge in [-0.25, -0.2) is 4.98 Å². The van der Waals surface area contributed by atoms with E-state index in [0.29, 0.717) is 23.4 Å². The van der Waals surface area contributed by atoms with Crippen LogP contribution in [0.4, 0.5) is 5.13 Å². The van der Waals surface area contributed by atoms with Crippen LogP contribution in [0.25, 0.3) is 10.2 Å². The van der Waals surface area contributed by atoms with E-state index in [1.54, 1.807) is 6.07 Å². The Bertz CT molecular complexity index is 661. The Morgan fingerprint density at radius 1 is 1.52 bits per heavy atom. The number of hydrogen-bond donors (Lipinski definition) is 2. The van der Waals surface area contributed by atoms with E-state index in [1.807, 2.05) is 19.1 Å². The summed E-state index contributed by atoms with van der Waals surface area (Å²) in [5, 5.41) is 7.43. The minimum Gasteiger partial charge on any atom is -0.379 e. The highest BCUT2D eigenvalue weighted by Gasteiger charge is 2.33. The normalized spacial score (nSPS) is 21.8. The molecule has 2 atom stereocenters. The standard InChI is InChI=1S/C14H16ClN3O2S/c1-2-16-11-7-20-6-9(11)13(19)18-14-17-10-4-3-8(15)5-12(10)21-14/h3-5,9,11,16H,2,6-7H2,1H3,(H,17,18,19). The van der Waals surface area contributed by atoms with Crippen LogP contribution in [0.1, 0.15) is 6.92 Å². The second-order valence-electron chi connectivity index (χ2n) is 4.93. The first kappa shape index (κ1) is 14.7. The monoisotopic (exact) mass is 325 g/mol. The van der Waals surface area contributed by atoms with E-state index >= 15 is 0 Å². The van der Waals surface area contributed by atoms with Crippen LogP contribution in [0.5, 0.6) is 0 Å². The number of likely N-dealkylation sites (N-methyl/N-ethyl adjacent to an activating group) is 1. The molecule has 3 rings (SSSR count). The molecule has 1 saturated heterocycles. The fourth-order valence-electron chi connectivity index (χ4n) is 2.43. The van der Waals surface area contributed by atoms with Gasteiger partial charge >= 0.3 is 0 Å². The first-order valence-electron chi connectivity index (χ1n) is 6.85. The lowest BCUT2D eigenvalue weighted by Crippen LogP contribution is -2.41. The van der Waals surface area contributed by atoms with Crippen molar-refractivity contribution in [3.63, 3.8) is 0 Å². The van der Waals surface area contributed by atoms with Crippen LogP contribution in [0.3, 0.4) is 0 Å². The first-order chi connectivity index (χ1) is 10.2. The zero-order valence-corrected chi connectivity index (χ0v) is 13.1. The predicted molar refractivity (Wildman–Crippen MR) is 85.0 cm³/mol. The molecule has 1 aromatic heterocycles. The molecule has 0 bridgehead atoms. The van der Waals surface area contributed by atoms with Gasteiger partial charge in [-0.2, -0.15) is 0 Å². The molecule has 1 fully saturated rings. The summed E-state index contributed by atoms with van der Waals surface area (Å²) in [4.78, 5) is 16.8. The molecule has 0 saturated carbocycles. The fraction of sp³-hybridized carbons (Fsp3) is 0.429. The second kappa shape index (κ2) is 6.27. The van der Waals surface area contributed by atoms with E-state index in [9.17, 15) is 4.79 Å². The molecule has 1 aliphatic heterocycles. The lowest BCUT2D eigenvalue weighted by atomic mass is 10.0. The van der Waals surface area contributed by atoms with Gasteiger partial charge in [-0.15, -0.1) is 0 Å². The van der Waals surface area contributed by atoms with E-state index in [2.05, 4.69) is 15.6 Å². The number of nitrogens with one attached hydrogen (secondary N) is 2. The molecule has 2 N–H and O–H groups in total. The number of anilines is 1. The van der Waals surface area contributed by atoms with Gasteiger partial charge in [0.1, 0.15) is 0 Å². The minimum absolute atomic E-state index is 0.0522. The SMILES string of the molecule is CCNC1COCC1C(=O)Nc1nc2ccc(Cl)cc2s1. The Labute approximate surface area is 131 Å². The Balaban J connectivity index is 1.73. The molecule has 5 nitrogen and oxygen atoms in total. The van der Waals surface area contributed by atoms with E-state index in [1.165, 1.54) is 11.3 Å². The number of fused-ring (bicyclic) bond motifs is 1. The van der Waals surface area contributed by atoms with Crippen LogP contribution in [0, 0.1) is 5.92 Å². The molecule has 112 valence electrons. The lowest BCUT2D eigenvalue weighted by Gasteiger charge is -2.16. The number of benzene rings is 1. The number of carbonyl (C=O) groups excluding carboxylic acids is 1. The number of amides is 1. The van der Waals surface area contributed by atoms with E-state index < -0.39 is 0 Å². The Morgan fingerprint density at radius 2 is 2.38 bits per heavy atom. The Kier molecular flexibility index (Phi) is 4.40. The average molecular weight is 326 g/mol. The van der Waals surface area contributed by atoms with Crippen molar-refractivity contribution in [3.8, 4) is 0 Å². The summed E-state index contributed by atoms with van der Waals surface area (Å²) in [5.41, 5.74) is 0.839. The Morgan fingerprint density at radius 3 is 3.19 bits per heavy atom. The molecular weight excluding hydrogens is 310 g/mol. The van der Waals surface area contributed by atoms with Gasteiger partial charge < -0.3 is 15.4 Å². The topological polar surface area (TPSA) is 63.2 Å². The van der Waals surface area contributed by atoms with Crippen LogP contribution in [0.2, 0.25) is 5.02 Å². The zero-order chi connectivity index (χ0) is 14.8. The number of hydrogen-bond acceptors (Lipinski definition) is 5. The fourth-order valence-corrected chi connectivity index (χ4v) is 3.57.